The number of rotatable bonds is 14. The number of likely N-dealkylation sites (N-methyl/N-ethyl adjacent to an activating group) is 1. The number of imidazole rings is 1. The van der Waals surface area contributed by atoms with Gasteiger partial charge in [-0.15, -0.1) is 0 Å². The molecule has 0 aliphatic carbocycles. The molecule has 0 saturated heterocycles. The van der Waals surface area contributed by atoms with Gasteiger partial charge in [0.2, 0.25) is 5.91 Å². The summed E-state index contributed by atoms with van der Waals surface area (Å²) in [5.41, 5.74) is 5.52. The summed E-state index contributed by atoms with van der Waals surface area (Å²) in [6.45, 7) is 8.85. The summed E-state index contributed by atoms with van der Waals surface area (Å²) in [5.74, 6) is 1.24. The van der Waals surface area contributed by atoms with E-state index in [-0.39, 0.29) is 23.4 Å². The Morgan fingerprint density at radius 3 is 2.37 bits per heavy atom. The van der Waals surface area contributed by atoms with Crippen molar-refractivity contribution in [2.24, 2.45) is 5.92 Å². The van der Waals surface area contributed by atoms with Gasteiger partial charge in [0.1, 0.15) is 5.82 Å². The first-order valence-electron chi connectivity index (χ1n) is 15.6. The third-order valence-electron chi connectivity index (χ3n) is 7.66. The summed E-state index contributed by atoms with van der Waals surface area (Å²) in [6, 6.07) is 18.2. The van der Waals surface area contributed by atoms with E-state index in [0.717, 1.165) is 47.2 Å². The van der Waals surface area contributed by atoms with Gasteiger partial charge < -0.3 is 14.8 Å². The molecule has 246 valence electrons. The van der Waals surface area contributed by atoms with Gasteiger partial charge in [0.15, 0.2) is 0 Å². The summed E-state index contributed by atoms with van der Waals surface area (Å²) in [4.78, 5) is 32.2. The fourth-order valence-corrected chi connectivity index (χ4v) is 7.06. The minimum Gasteiger partial charge on any atom is -0.348 e. The van der Waals surface area contributed by atoms with Gasteiger partial charge in [-0.25, -0.2) is 18.1 Å². The molecule has 9 nitrogen and oxygen atoms in total. The van der Waals surface area contributed by atoms with Crippen molar-refractivity contribution in [2.75, 3.05) is 26.4 Å². The van der Waals surface area contributed by atoms with E-state index in [1.165, 1.54) is 6.07 Å². The maximum atomic E-state index is 13.3. The summed E-state index contributed by atoms with van der Waals surface area (Å²) in [7, 11) is -0.680. The number of amides is 2. The average Bonchev–Trinajstić information content (AvgIpc) is 3.33. The van der Waals surface area contributed by atoms with Crippen molar-refractivity contribution in [1.29, 1.82) is 0 Å². The van der Waals surface area contributed by atoms with Crippen LogP contribution in [-0.2, 0) is 27.8 Å². The molecule has 4 aromatic rings. The van der Waals surface area contributed by atoms with E-state index >= 15 is 0 Å². The van der Waals surface area contributed by atoms with Crippen LogP contribution in [0.1, 0.15) is 60.9 Å². The molecule has 0 radical (unpaired) electrons. The number of nitrogens with one attached hydrogen (secondary N) is 2. The molecule has 0 aliphatic heterocycles. The Morgan fingerprint density at radius 2 is 1.74 bits per heavy atom. The van der Waals surface area contributed by atoms with Crippen LogP contribution in [-0.4, -0.2) is 67.1 Å². The van der Waals surface area contributed by atoms with E-state index in [1.54, 1.807) is 37.2 Å². The van der Waals surface area contributed by atoms with Crippen LogP contribution in [0.2, 0.25) is 0 Å². The van der Waals surface area contributed by atoms with Crippen molar-refractivity contribution in [1.82, 2.24) is 24.5 Å². The van der Waals surface area contributed by atoms with Crippen molar-refractivity contribution in [3.8, 4) is 11.1 Å². The van der Waals surface area contributed by atoms with Gasteiger partial charge in [-0.2, -0.15) is 12.6 Å². The minimum atomic E-state index is -4.08. The molecule has 0 aliphatic rings. The lowest BCUT2D eigenvalue weighted by Gasteiger charge is -2.19. The summed E-state index contributed by atoms with van der Waals surface area (Å²) in [6.07, 6.45) is 2.56. The molecule has 1 atom stereocenters. The molecule has 0 saturated carbocycles. The molecule has 46 heavy (non-hydrogen) atoms. The van der Waals surface area contributed by atoms with Gasteiger partial charge in [-0.1, -0.05) is 63.2 Å². The number of hydrogen-bond donors (Lipinski definition) is 3. The van der Waals surface area contributed by atoms with Gasteiger partial charge in [0.25, 0.3) is 15.9 Å². The predicted molar refractivity (Wildman–Crippen MR) is 188 cm³/mol. The van der Waals surface area contributed by atoms with E-state index in [4.69, 9.17) is 4.98 Å². The molecule has 3 aromatic carbocycles. The van der Waals surface area contributed by atoms with Crippen molar-refractivity contribution < 1.29 is 18.0 Å². The Labute approximate surface area is 278 Å². The maximum Gasteiger partial charge on any atom is 0.264 e. The topological polar surface area (TPSA) is 113 Å². The first-order valence-corrected chi connectivity index (χ1v) is 17.7. The second-order valence-electron chi connectivity index (χ2n) is 12.5. The summed E-state index contributed by atoms with van der Waals surface area (Å²) < 4.78 is 30.7. The number of thiol groups is 1. The van der Waals surface area contributed by atoms with Gasteiger partial charge >= 0.3 is 0 Å². The molecule has 0 unspecified atom stereocenters. The average molecular weight is 664 g/mol. The normalized spacial score (nSPS) is 12.5. The van der Waals surface area contributed by atoms with E-state index < -0.39 is 15.9 Å². The standard InChI is InChI=1S/C35H45N5O4S2/c1-7-10-32-37-34-24(4)18-27(35(42)36-28(22-45)17-23(2)3)19-30(34)40(32)20-25-13-15-26(16-14-25)29-11-8-9-12-31(29)46(43,44)38-33(41)21-39(5)6/h8-9,11-16,18-19,23,28,45H,7,10,17,20-22H2,1-6H3,(H,36,42)(H,38,41)/t28-/m1/s1. The zero-order chi connectivity index (χ0) is 33.6. The fraction of sp³-hybridized carbons (Fsp3) is 0.400. The number of carbonyl (C=O) groups is 2. The largest absolute Gasteiger partial charge is 0.348 e. The molecule has 4 rings (SSSR count). The zero-order valence-electron chi connectivity index (χ0n) is 27.5. The second-order valence-corrected chi connectivity index (χ2v) is 14.5. The van der Waals surface area contributed by atoms with Crippen LogP contribution < -0.4 is 10.0 Å². The molecule has 1 heterocycles. The number of nitrogens with zero attached hydrogens (tertiary/aromatic N) is 3. The Morgan fingerprint density at radius 1 is 1.04 bits per heavy atom. The van der Waals surface area contributed by atoms with E-state index in [9.17, 15) is 18.0 Å². The van der Waals surface area contributed by atoms with E-state index in [2.05, 4.69) is 48.0 Å². The Bertz CT molecular complexity index is 1800. The zero-order valence-corrected chi connectivity index (χ0v) is 29.2. The fourth-order valence-electron chi connectivity index (χ4n) is 5.62. The third kappa shape index (κ3) is 8.57. The Balaban J connectivity index is 1.65. The molecular weight excluding hydrogens is 619 g/mol. The highest BCUT2D eigenvalue weighted by atomic mass is 32.2. The molecule has 2 amide bonds. The number of hydrogen-bond acceptors (Lipinski definition) is 7. The van der Waals surface area contributed by atoms with Gasteiger partial charge in [-0.05, 0) is 74.7 Å². The van der Waals surface area contributed by atoms with Crippen LogP contribution >= 0.6 is 12.6 Å². The molecule has 0 bridgehead atoms. The van der Waals surface area contributed by atoms with Crippen LogP contribution in [0.5, 0.6) is 0 Å². The van der Waals surface area contributed by atoms with Crippen molar-refractivity contribution >= 4 is 45.5 Å². The minimum absolute atomic E-state index is 0.0136. The van der Waals surface area contributed by atoms with Gasteiger partial charge in [0, 0.05) is 35.9 Å². The highest BCUT2D eigenvalue weighted by molar-refractivity contribution is 7.90. The lowest BCUT2D eigenvalue weighted by atomic mass is 10.0. The molecule has 0 spiro atoms. The lowest BCUT2D eigenvalue weighted by molar-refractivity contribution is -0.119. The predicted octanol–water partition coefficient (Wildman–Crippen LogP) is 5.45. The number of carbonyl (C=O) groups excluding carboxylic acids is 2. The second kappa shape index (κ2) is 15.3. The van der Waals surface area contributed by atoms with Crippen LogP contribution in [0.4, 0.5) is 0 Å². The van der Waals surface area contributed by atoms with Crippen LogP contribution in [0.15, 0.2) is 65.6 Å². The number of sulfonamides is 1. The molecule has 0 fully saturated rings. The molecule has 1 aromatic heterocycles. The number of benzene rings is 3. The number of aryl methyl sites for hydroxylation is 2. The Kier molecular flexibility index (Phi) is 11.7. The van der Waals surface area contributed by atoms with Crippen molar-refractivity contribution in [3.05, 3.63) is 83.2 Å². The molecule has 2 N–H and O–H groups in total. The third-order valence-corrected chi connectivity index (χ3v) is 9.53. The van der Waals surface area contributed by atoms with Crippen LogP contribution in [0.3, 0.4) is 0 Å². The first-order chi connectivity index (χ1) is 21.8. The smallest absolute Gasteiger partial charge is 0.264 e. The van der Waals surface area contributed by atoms with Crippen LogP contribution in [0, 0.1) is 12.8 Å². The van der Waals surface area contributed by atoms with Gasteiger partial charge in [-0.3, -0.25) is 9.59 Å². The van der Waals surface area contributed by atoms with E-state index in [0.29, 0.717) is 34.9 Å². The number of aromatic nitrogens is 2. The summed E-state index contributed by atoms with van der Waals surface area (Å²) >= 11 is 4.45. The van der Waals surface area contributed by atoms with E-state index in [1.807, 2.05) is 43.3 Å². The monoisotopic (exact) mass is 663 g/mol. The van der Waals surface area contributed by atoms with Crippen molar-refractivity contribution in [3.63, 3.8) is 0 Å². The van der Waals surface area contributed by atoms with Crippen molar-refractivity contribution in [2.45, 2.75) is 64.4 Å². The highest BCUT2D eigenvalue weighted by Gasteiger charge is 2.23. The molecular formula is C35H45N5O4S2. The Hall–Kier alpha value is -3.67. The number of fused-ring (bicyclic) bond motifs is 1. The summed E-state index contributed by atoms with van der Waals surface area (Å²) in [5, 5.41) is 3.15. The first kappa shape index (κ1) is 35.2. The lowest BCUT2D eigenvalue weighted by Crippen LogP contribution is -2.37. The highest BCUT2D eigenvalue weighted by Crippen LogP contribution is 2.29. The molecule has 11 heteroatoms. The van der Waals surface area contributed by atoms with Gasteiger partial charge in [0.05, 0.1) is 22.5 Å². The maximum absolute atomic E-state index is 13.3. The van der Waals surface area contributed by atoms with Crippen LogP contribution in [0.25, 0.3) is 22.2 Å². The quantitative estimate of drug-likeness (QED) is 0.155. The SMILES string of the molecule is CCCc1nc2c(C)cc(C(=O)N[C@@H](CS)CC(C)C)cc2n1Cc1ccc(-c2ccccc2S(=O)(=O)NC(=O)CN(C)C)cc1.